The van der Waals surface area contributed by atoms with Crippen LogP contribution in [-0.2, 0) is 6.54 Å². The third-order valence-electron chi connectivity index (χ3n) is 4.58. The van der Waals surface area contributed by atoms with Crippen LogP contribution in [0.25, 0.3) is 0 Å². The zero-order valence-corrected chi connectivity index (χ0v) is 13.5. The van der Waals surface area contributed by atoms with Crippen LogP contribution in [0, 0.1) is 23.2 Å². The quantitative estimate of drug-likeness (QED) is 0.899. The van der Waals surface area contributed by atoms with Crippen LogP contribution in [0.2, 0.25) is 0 Å². The lowest BCUT2D eigenvalue weighted by Gasteiger charge is -2.35. The summed E-state index contributed by atoms with van der Waals surface area (Å²) < 4.78 is 0. The van der Waals surface area contributed by atoms with E-state index >= 15 is 0 Å². The van der Waals surface area contributed by atoms with Crippen molar-refractivity contribution in [3.8, 4) is 6.07 Å². The highest BCUT2D eigenvalue weighted by atomic mass is 15.1. The second-order valence-corrected chi connectivity index (χ2v) is 6.31. The van der Waals surface area contributed by atoms with E-state index in [0.717, 1.165) is 49.3 Å². The standard InChI is InChI=1S/C18H27N3/c1-4-20-13-15-5-6-18(17(11-15)12-19)21-9-7-16(8-10-21)14(2)3/h5-6,11,14,16,20H,4,7-10,13H2,1-3H3. The van der Waals surface area contributed by atoms with E-state index in [2.05, 4.69) is 49.2 Å². The molecule has 1 fully saturated rings. The van der Waals surface area contributed by atoms with Gasteiger partial charge >= 0.3 is 0 Å². The first-order valence-electron chi connectivity index (χ1n) is 8.14. The fourth-order valence-electron chi connectivity index (χ4n) is 3.13. The predicted molar refractivity (Wildman–Crippen MR) is 88.3 cm³/mol. The molecule has 21 heavy (non-hydrogen) atoms. The molecule has 1 aliphatic heterocycles. The third kappa shape index (κ3) is 3.98. The van der Waals surface area contributed by atoms with E-state index < -0.39 is 0 Å². The van der Waals surface area contributed by atoms with E-state index in [1.54, 1.807) is 0 Å². The smallest absolute Gasteiger partial charge is 0.101 e. The van der Waals surface area contributed by atoms with E-state index in [4.69, 9.17) is 0 Å². The van der Waals surface area contributed by atoms with E-state index in [0.29, 0.717) is 0 Å². The van der Waals surface area contributed by atoms with Crippen molar-refractivity contribution >= 4 is 5.69 Å². The zero-order chi connectivity index (χ0) is 15.2. The van der Waals surface area contributed by atoms with E-state index in [1.165, 1.54) is 18.4 Å². The number of hydrogen-bond acceptors (Lipinski definition) is 3. The Balaban J connectivity index is 2.08. The summed E-state index contributed by atoms with van der Waals surface area (Å²) in [6.45, 7) is 10.7. The lowest BCUT2D eigenvalue weighted by molar-refractivity contribution is 0.311. The maximum Gasteiger partial charge on any atom is 0.101 e. The SMILES string of the molecule is CCNCc1ccc(N2CCC(C(C)C)CC2)c(C#N)c1. The Morgan fingerprint density at radius 2 is 2.05 bits per heavy atom. The summed E-state index contributed by atoms with van der Waals surface area (Å²) in [5.74, 6) is 1.60. The van der Waals surface area contributed by atoms with Crippen molar-refractivity contribution in [2.75, 3.05) is 24.5 Å². The molecule has 0 radical (unpaired) electrons. The summed E-state index contributed by atoms with van der Waals surface area (Å²) in [6, 6.07) is 8.68. The molecule has 1 heterocycles. The molecule has 0 aromatic heterocycles. The molecule has 2 rings (SSSR count). The topological polar surface area (TPSA) is 39.1 Å². The predicted octanol–water partition coefficient (Wildman–Crippen LogP) is 3.54. The molecule has 0 bridgehead atoms. The molecule has 1 aromatic carbocycles. The lowest BCUT2D eigenvalue weighted by Crippen LogP contribution is -2.35. The first-order chi connectivity index (χ1) is 10.2. The summed E-state index contributed by atoms with van der Waals surface area (Å²) in [5.41, 5.74) is 3.11. The normalized spacial score (nSPS) is 16.2. The van der Waals surface area contributed by atoms with Crippen molar-refractivity contribution in [1.29, 1.82) is 5.26 Å². The number of rotatable bonds is 5. The summed E-state index contributed by atoms with van der Waals surface area (Å²) >= 11 is 0. The number of piperidine rings is 1. The average Bonchev–Trinajstić information content (AvgIpc) is 2.52. The van der Waals surface area contributed by atoms with Gasteiger partial charge in [0, 0.05) is 19.6 Å². The molecule has 0 spiro atoms. The van der Waals surface area contributed by atoms with Crippen molar-refractivity contribution < 1.29 is 0 Å². The molecule has 3 heteroatoms. The number of hydrogen-bond donors (Lipinski definition) is 1. The number of nitriles is 1. The highest BCUT2D eigenvalue weighted by Crippen LogP contribution is 2.30. The van der Waals surface area contributed by atoms with Gasteiger partial charge in [0.05, 0.1) is 11.3 Å². The molecule has 0 aliphatic carbocycles. The molecule has 1 aromatic rings. The Morgan fingerprint density at radius 1 is 1.33 bits per heavy atom. The van der Waals surface area contributed by atoms with Crippen LogP contribution in [0.5, 0.6) is 0 Å². The second kappa shape index (κ2) is 7.47. The molecular weight excluding hydrogens is 258 g/mol. The lowest BCUT2D eigenvalue weighted by atomic mass is 9.86. The Hall–Kier alpha value is -1.53. The van der Waals surface area contributed by atoms with E-state index in [1.807, 2.05) is 6.07 Å². The summed E-state index contributed by atoms with van der Waals surface area (Å²) in [7, 11) is 0. The van der Waals surface area contributed by atoms with Crippen LogP contribution >= 0.6 is 0 Å². The minimum Gasteiger partial charge on any atom is -0.370 e. The Morgan fingerprint density at radius 3 is 2.62 bits per heavy atom. The average molecular weight is 285 g/mol. The zero-order valence-electron chi connectivity index (χ0n) is 13.5. The molecule has 0 saturated carbocycles. The monoisotopic (exact) mass is 285 g/mol. The Bertz CT molecular complexity index is 494. The molecule has 1 saturated heterocycles. The third-order valence-corrected chi connectivity index (χ3v) is 4.58. The minimum atomic E-state index is 0.769. The van der Waals surface area contributed by atoms with Gasteiger partial charge in [-0.2, -0.15) is 5.26 Å². The van der Waals surface area contributed by atoms with Crippen LogP contribution in [0.4, 0.5) is 5.69 Å². The molecular formula is C18H27N3. The fraction of sp³-hybridized carbons (Fsp3) is 0.611. The maximum atomic E-state index is 9.44. The van der Waals surface area contributed by atoms with Gasteiger partial charge in [-0.3, -0.25) is 0 Å². The van der Waals surface area contributed by atoms with Gasteiger partial charge in [-0.15, -0.1) is 0 Å². The van der Waals surface area contributed by atoms with Crippen molar-refractivity contribution in [1.82, 2.24) is 5.32 Å². The number of nitrogens with one attached hydrogen (secondary N) is 1. The number of benzene rings is 1. The largest absolute Gasteiger partial charge is 0.370 e. The van der Waals surface area contributed by atoms with Gasteiger partial charge in [-0.05, 0) is 48.9 Å². The van der Waals surface area contributed by atoms with Gasteiger partial charge < -0.3 is 10.2 Å². The van der Waals surface area contributed by atoms with Crippen molar-refractivity contribution in [2.45, 2.75) is 40.2 Å². The summed E-state index contributed by atoms with van der Waals surface area (Å²) in [4.78, 5) is 2.38. The Labute approximate surface area is 129 Å². The van der Waals surface area contributed by atoms with Crippen LogP contribution in [0.1, 0.15) is 44.7 Å². The van der Waals surface area contributed by atoms with Crippen LogP contribution < -0.4 is 10.2 Å². The highest BCUT2D eigenvalue weighted by molar-refractivity contribution is 5.60. The summed E-state index contributed by atoms with van der Waals surface area (Å²) in [5, 5.41) is 12.8. The van der Waals surface area contributed by atoms with Crippen molar-refractivity contribution in [3.05, 3.63) is 29.3 Å². The van der Waals surface area contributed by atoms with Gasteiger partial charge in [0.15, 0.2) is 0 Å². The van der Waals surface area contributed by atoms with E-state index in [9.17, 15) is 5.26 Å². The fourth-order valence-corrected chi connectivity index (χ4v) is 3.13. The molecule has 0 unspecified atom stereocenters. The first-order valence-corrected chi connectivity index (χ1v) is 8.14. The Kier molecular flexibility index (Phi) is 5.64. The van der Waals surface area contributed by atoms with Crippen molar-refractivity contribution in [2.24, 2.45) is 11.8 Å². The molecule has 0 atom stereocenters. The van der Waals surface area contributed by atoms with Gasteiger partial charge in [-0.25, -0.2) is 0 Å². The van der Waals surface area contributed by atoms with Crippen LogP contribution in [0.3, 0.4) is 0 Å². The van der Waals surface area contributed by atoms with E-state index in [-0.39, 0.29) is 0 Å². The second-order valence-electron chi connectivity index (χ2n) is 6.31. The number of nitrogens with zero attached hydrogens (tertiary/aromatic N) is 2. The molecule has 114 valence electrons. The molecule has 3 nitrogen and oxygen atoms in total. The van der Waals surface area contributed by atoms with Crippen molar-refractivity contribution in [3.63, 3.8) is 0 Å². The van der Waals surface area contributed by atoms with Crippen LogP contribution in [-0.4, -0.2) is 19.6 Å². The minimum absolute atomic E-state index is 0.769. The maximum absolute atomic E-state index is 9.44. The molecule has 0 amide bonds. The van der Waals surface area contributed by atoms with Gasteiger partial charge in [0.25, 0.3) is 0 Å². The van der Waals surface area contributed by atoms with Gasteiger partial charge in [0.2, 0.25) is 0 Å². The summed E-state index contributed by atoms with van der Waals surface area (Å²) in [6.07, 6.45) is 2.48. The van der Waals surface area contributed by atoms with Crippen LogP contribution in [0.15, 0.2) is 18.2 Å². The molecule has 1 aliphatic rings. The van der Waals surface area contributed by atoms with Gasteiger partial charge in [-0.1, -0.05) is 26.8 Å². The first kappa shape index (κ1) is 15.9. The highest BCUT2D eigenvalue weighted by Gasteiger charge is 2.23. The molecule has 1 N–H and O–H groups in total. The number of anilines is 1. The van der Waals surface area contributed by atoms with Gasteiger partial charge in [0.1, 0.15) is 6.07 Å².